The lowest BCUT2D eigenvalue weighted by Gasteiger charge is -2.42. The van der Waals surface area contributed by atoms with Gasteiger partial charge >= 0.3 is 0 Å². The molecule has 2 heteroatoms. The Kier molecular flexibility index (Phi) is 1.09. The predicted molar refractivity (Wildman–Crippen MR) is 85.8 cm³/mol. The highest BCUT2D eigenvalue weighted by molar-refractivity contribution is 5.50. The van der Waals surface area contributed by atoms with Crippen molar-refractivity contribution in [2.75, 3.05) is 13.1 Å². The van der Waals surface area contributed by atoms with Crippen LogP contribution in [0.15, 0.2) is 0 Å². The third-order valence-electron chi connectivity index (χ3n) is 14.7. The summed E-state index contributed by atoms with van der Waals surface area (Å²) in [4.78, 5) is 0. The Labute approximate surface area is 142 Å². The van der Waals surface area contributed by atoms with Crippen molar-refractivity contribution in [1.82, 2.24) is 0 Å². The largest absolute Gasteiger partial charge is 0.330 e. The summed E-state index contributed by atoms with van der Waals surface area (Å²) < 4.78 is 0. The topological polar surface area (TPSA) is 52.0 Å². The standard InChI is InChI=1S/C22H26N2/c23-1-21-15-5-3-4-6(15)10-12-8(4)16-7(3)11-9(5)17(21)13-14(18(10)21)20(12)22(16,2-24)19(11)13/h3-20H,1-2,23-24H2. The van der Waals surface area contributed by atoms with E-state index >= 15 is 0 Å². The highest BCUT2D eigenvalue weighted by Gasteiger charge is 3.03. The molecule has 0 saturated heterocycles. The second-order valence-electron chi connectivity index (χ2n) is 12.7. The molecule has 12 fully saturated rings. The number of nitrogens with two attached hydrogens (primary N) is 2. The van der Waals surface area contributed by atoms with Crippen molar-refractivity contribution in [3.63, 3.8) is 0 Å². The van der Waals surface area contributed by atoms with Crippen LogP contribution in [0.1, 0.15) is 0 Å². The minimum absolute atomic E-state index is 0.661. The number of hydrogen-bond acceptors (Lipinski definition) is 2. The third kappa shape index (κ3) is 0.504. The van der Waals surface area contributed by atoms with Crippen molar-refractivity contribution in [1.29, 1.82) is 0 Å². The van der Waals surface area contributed by atoms with Crippen LogP contribution >= 0.6 is 0 Å². The summed E-state index contributed by atoms with van der Waals surface area (Å²) in [5.41, 5.74) is 14.8. The monoisotopic (exact) mass is 318 g/mol. The van der Waals surface area contributed by atoms with Crippen molar-refractivity contribution >= 4 is 0 Å². The quantitative estimate of drug-likeness (QED) is 0.802. The van der Waals surface area contributed by atoms with Crippen LogP contribution in [0.2, 0.25) is 0 Å². The summed E-state index contributed by atoms with van der Waals surface area (Å²) in [5.74, 6) is 20.5. The lowest BCUT2D eigenvalue weighted by molar-refractivity contribution is 0.0574. The van der Waals surface area contributed by atoms with Crippen LogP contribution < -0.4 is 11.5 Å². The fourth-order valence-corrected chi connectivity index (χ4v) is 16.8. The van der Waals surface area contributed by atoms with Gasteiger partial charge in [-0.15, -0.1) is 0 Å². The molecule has 0 aromatic carbocycles. The van der Waals surface area contributed by atoms with Gasteiger partial charge in [-0.05, 0) is 130 Å². The Balaban J connectivity index is 1.43. The molecule has 0 spiro atoms. The molecular weight excluding hydrogens is 292 g/mol. The zero-order valence-electron chi connectivity index (χ0n) is 14.0. The molecule has 0 aliphatic heterocycles. The predicted octanol–water partition coefficient (Wildman–Crippen LogP) is 1.12. The Bertz CT molecular complexity index is 714. The Morgan fingerprint density at radius 2 is 0.625 bits per heavy atom. The fourth-order valence-electron chi connectivity index (χ4n) is 16.8. The highest BCUT2D eigenvalue weighted by Crippen LogP contribution is 3.06. The van der Waals surface area contributed by atoms with Crippen LogP contribution in [0.3, 0.4) is 0 Å². The van der Waals surface area contributed by atoms with Gasteiger partial charge in [0.25, 0.3) is 0 Å². The molecule has 2 nitrogen and oxygen atoms in total. The first-order valence-electron chi connectivity index (χ1n) is 11.3. The number of rotatable bonds is 2. The van der Waals surface area contributed by atoms with E-state index < -0.39 is 0 Å². The maximum atomic E-state index is 6.76. The van der Waals surface area contributed by atoms with Gasteiger partial charge in [0.1, 0.15) is 0 Å². The first-order valence-corrected chi connectivity index (χ1v) is 11.3. The van der Waals surface area contributed by atoms with Crippen molar-refractivity contribution in [3.8, 4) is 0 Å². The smallest absolute Gasteiger partial charge is 0.00119 e. The molecule has 0 aromatic heterocycles. The van der Waals surface area contributed by atoms with E-state index in [-0.39, 0.29) is 0 Å². The average Bonchev–Trinajstić information content (AvgIpc) is 3.27. The highest BCUT2D eigenvalue weighted by atomic mass is 15.1. The minimum Gasteiger partial charge on any atom is -0.330 e. The summed E-state index contributed by atoms with van der Waals surface area (Å²) in [5, 5.41) is 0. The van der Waals surface area contributed by atoms with Crippen LogP contribution in [-0.2, 0) is 0 Å². The van der Waals surface area contributed by atoms with E-state index in [0.717, 1.165) is 84.1 Å². The van der Waals surface area contributed by atoms with Gasteiger partial charge in [0.2, 0.25) is 0 Å². The summed E-state index contributed by atoms with van der Waals surface area (Å²) >= 11 is 0. The summed E-state index contributed by atoms with van der Waals surface area (Å²) in [6, 6.07) is 0. The molecule has 12 aliphatic rings. The Hall–Kier alpha value is -0.0800. The summed E-state index contributed by atoms with van der Waals surface area (Å²) in [7, 11) is 0. The lowest BCUT2D eigenvalue weighted by Crippen LogP contribution is -2.45. The van der Waals surface area contributed by atoms with Gasteiger partial charge in [-0.1, -0.05) is 0 Å². The van der Waals surface area contributed by atoms with Crippen LogP contribution in [0.5, 0.6) is 0 Å². The van der Waals surface area contributed by atoms with E-state index in [2.05, 4.69) is 0 Å². The van der Waals surface area contributed by atoms with Crippen molar-refractivity contribution in [2.24, 2.45) is 129 Å². The van der Waals surface area contributed by atoms with Gasteiger partial charge in [0, 0.05) is 0 Å². The Morgan fingerprint density at radius 3 is 0.917 bits per heavy atom. The van der Waals surface area contributed by atoms with Crippen molar-refractivity contribution < 1.29 is 0 Å². The Morgan fingerprint density at radius 1 is 0.375 bits per heavy atom. The normalized spacial score (nSPS) is 98.2. The molecule has 0 radical (unpaired) electrons. The van der Waals surface area contributed by atoms with E-state index in [9.17, 15) is 0 Å². The fraction of sp³-hybridized carbons (Fsp3) is 1.00. The molecular formula is C22H26N2. The minimum atomic E-state index is 0.661. The van der Waals surface area contributed by atoms with E-state index in [4.69, 9.17) is 11.5 Å². The van der Waals surface area contributed by atoms with E-state index in [1.807, 2.05) is 0 Å². The molecule has 12 unspecified atom stereocenters. The molecule has 12 atom stereocenters. The first-order chi connectivity index (χ1) is 11.9. The van der Waals surface area contributed by atoms with Crippen molar-refractivity contribution in [2.45, 2.75) is 0 Å². The average molecular weight is 318 g/mol. The van der Waals surface area contributed by atoms with E-state index in [1.165, 1.54) is 35.5 Å². The van der Waals surface area contributed by atoms with Crippen LogP contribution in [0.4, 0.5) is 0 Å². The molecule has 12 aliphatic carbocycles. The lowest BCUT2D eigenvalue weighted by atomic mass is 9.63. The zero-order chi connectivity index (χ0) is 14.8. The van der Waals surface area contributed by atoms with Crippen molar-refractivity contribution in [3.05, 3.63) is 0 Å². The summed E-state index contributed by atoms with van der Waals surface area (Å²) in [6.45, 7) is 2.15. The van der Waals surface area contributed by atoms with Gasteiger partial charge in [0.05, 0.1) is 0 Å². The second-order valence-corrected chi connectivity index (χ2v) is 12.7. The number of hydrogen-bond donors (Lipinski definition) is 2. The van der Waals surface area contributed by atoms with Gasteiger partial charge in [-0.25, -0.2) is 0 Å². The molecule has 4 N–H and O–H groups in total. The van der Waals surface area contributed by atoms with E-state index in [0.29, 0.717) is 10.8 Å². The van der Waals surface area contributed by atoms with Crippen LogP contribution in [-0.4, -0.2) is 13.1 Å². The zero-order valence-corrected chi connectivity index (χ0v) is 14.0. The van der Waals surface area contributed by atoms with E-state index in [1.54, 1.807) is 0 Å². The van der Waals surface area contributed by atoms with Crippen LogP contribution in [0, 0.1) is 117 Å². The second kappa shape index (κ2) is 2.39. The van der Waals surface area contributed by atoms with Crippen LogP contribution in [0.25, 0.3) is 0 Å². The maximum absolute atomic E-state index is 6.76. The van der Waals surface area contributed by atoms with Gasteiger partial charge in [-0.3, -0.25) is 0 Å². The maximum Gasteiger partial charge on any atom is -0.00119 e. The molecule has 24 heavy (non-hydrogen) atoms. The van der Waals surface area contributed by atoms with Gasteiger partial charge in [0.15, 0.2) is 0 Å². The summed E-state index contributed by atoms with van der Waals surface area (Å²) in [6.07, 6.45) is 0. The van der Waals surface area contributed by atoms with Gasteiger partial charge in [-0.2, -0.15) is 0 Å². The SMILES string of the molecule is NCC12C3C4C5C6C3C3C7C6C6C5C5C4C1C1C(C32)C7C6(CN)C51. The van der Waals surface area contributed by atoms with Gasteiger partial charge < -0.3 is 11.5 Å². The molecule has 12 rings (SSSR count). The molecule has 0 amide bonds. The molecule has 0 heterocycles. The molecule has 124 valence electrons. The first kappa shape index (κ1) is 10.9. The molecule has 12 saturated carbocycles. The third-order valence-corrected chi connectivity index (χ3v) is 14.7. The molecule has 0 aromatic rings. The molecule has 0 bridgehead atoms.